The molecule has 0 bridgehead atoms. The molecule has 2 aliphatic rings. The molecule has 0 N–H and O–H groups in total. The van der Waals surface area contributed by atoms with Crippen molar-refractivity contribution in [3.8, 4) is 0 Å². The monoisotopic (exact) mass is 185 g/mol. The normalized spacial score (nSPS) is 29.5. The fourth-order valence-corrected chi connectivity index (χ4v) is 1.97. The van der Waals surface area contributed by atoms with Crippen LogP contribution in [0.5, 0.6) is 0 Å². The van der Waals surface area contributed by atoms with Crippen LogP contribution >= 0.6 is 0 Å². The third-order valence-corrected chi connectivity index (χ3v) is 2.83. The van der Waals surface area contributed by atoms with Gasteiger partial charge in [0.2, 0.25) is 0 Å². The Morgan fingerprint density at radius 3 is 2.54 bits per heavy atom. The van der Waals surface area contributed by atoms with E-state index in [-0.39, 0.29) is 0 Å². The summed E-state index contributed by atoms with van der Waals surface area (Å²) < 4.78 is 10.5. The largest absolute Gasteiger partial charge is 0.381 e. The molecule has 0 aromatic heterocycles. The fourth-order valence-electron chi connectivity index (χ4n) is 1.97. The minimum Gasteiger partial charge on any atom is -0.381 e. The Hall–Kier alpha value is -0.120. The van der Waals surface area contributed by atoms with E-state index in [0.717, 1.165) is 32.3 Å². The highest BCUT2D eigenvalue weighted by Crippen LogP contribution is 2.17. The van der Waals surface area contributed by atoms with Crippen LogP contribution in [0.25, 0.3) is 0 Å². The first-order chi connectivity index (χ1) is 6.34. The van der Waals surface area contributed by atoms with E-state index in [1.165, 1.54) is 19.4 Å². The Morgan fingerprint density at radius 2 is 1.92 bits per heavy atom. The van der Waals surface area contributed by atoms with Gasteiger partial charge in [0.1, 0.15) is 0 Å². The first kappa shape index (κ1) is 9.44. The number of rotatable bonds is 4. The molecular weight excluding hydrogens is 166 g/mol. The number of hydrogen-bond acceptors (Lipinski definition) is 3. The fraction of sp³-hybridized carbons (Fsp3) is 1.00. The van der Waals surface area contributed by atoms with Gasteiger partial charge in [-0.25, -0.2) is 0 Å². The summed E-state index contributed by atoms with van der Waals surface area (Å²) in [4.78, 5) is 2.40. The maximum atomic E-state index is 5.33. The van der Waals surface area contributed by atoms with E-state index < -0.39 is 0 Å². The highest BCUT2D eigenvalue weighted by atomic mass is 16.6. The number of likely N-dealkylation sites (N-methyl/N-ethyl adjacent to an activating group) is 1. The lowest BCUT2D eigenvalue weighted by molar-refractivity contribution is 0.0550. The number of epoxide rings is 1. The van der Waals surface area contributed by atoms with E-state index in [4.69, 9.17) is 9.47 Å². The first-order valence-electron chi connectivity index (χ1n) is 5.22. The predicted octanol–water partition coefficient (Wildman–Crippen LogP) is 0.744. The second-order valence-corrected chi connectivity index (χ2v) is 4.23. The number of ether oxygens (including phenoxy) is 2. The molecule has 0 aliphatic carbocycles. The van der Waals surface area contributed by atoms with Crippen LogP contribution in [0.4, 0.5) is 0 Å². The molecule has 1 atom stereocenters. The van der Waals surface area contributed by atoms with Gasteiger partial charge in [-0.1, -0.05) is 0 Å². The van der Waals surface area contributed by atoms with Crippen LogP contribution in [0.3, 0.4) is 0 Å². The van der Waals surface area contributed by atoms with Crippen LogP contribution in [0.1, 0.15) is 12.8 Å². The standard InChI is InChI=1S/C10H19NO2/c1-11(7-10-8-13-10)6-9-2-4-12-5-3-9/h9-10H,2-8H2,1H3. The molecule has 2 aliphatic heterocycles. The Labute approximate surface area is 80.0 Å². The van der Waals surface area contributed by atoms with Gasteiger partial charge < -0.3 is 14.4 Å². The number of hydrogen-bond donors (Lipinski definition) is 0. The van der Waals surface area contributed by atoms with E-state index in [2.05, 4.69) is 11.9 Å². The minimum absolute atomic E-state index is 0.532. The van der Waals surface area contributed by atoms with Crippen LogP contribution in [-0.4, -0.2) is 51.0 Å². The van der Waals surface area contributed by atoms with Crippen molar-refractivity contribution in [3.05, 3.63) is 0 Å². The molecular formula is C10H19NO2. The topological polar surface area (TPSA) is 25.0 Å². The van der Waals surface area contributed by atoms with Crippen molar-refractivity contribution in [2.24, 2.45) is 5.92 Å². The van der Waals surface area contributed by atoms with Gasteiger partial charge in [-0.2, -0.15) is 0 Å². The molecule has 0 spiro atoms. The molecule has 0 amide bonds. The minimum atomic E-state index is 0.532. The van der Waals surface area contributed by atoms with Crippen LogP contribution < -0.4 is 0 Å². The summed E-state index contributed by atoms with van der Waals surface area (Å²) in [6.45, 7) is 5.20. The molecule has 2 fully saturated rings. The van der Waals surface area contributed by atoms with Gasteiger partial charge in [-0.15, -0.1) is 0 Å². The highest BCUT2D eigenvalue weighted by molar-refractivity contribution is 4.75. The predicted molar refractivity (Wildman–Crippen MR) is 50.8 cm³/mol. The van der Waals surface area contributed by atoms with Crippen molar-refractivity contribution in [2.75, 3.05) is 40.0 Å². The summed E-state index contributed by atoms with van der Waals surface area (Å²) in [5.74, 6) is 0.845. The van der Waals surface area contributed by atoms with Crippen LogP contribution in [0, 0.1) is 5.92 Å². The molecule has 0 aromatic rings. The van der Waals surface area contributed by atoms with Gasteiger partial charge in [0.25, 0.3) is 0 Å². The van der Waals surface area contributed by atoms with Crippen molar-refractivity contribution in [1.29, 1.82) is 0 Å². The van der Waals surface area contributed by atoms with Crippen LogP contribution in [-0.2, 0) is 9.47 Å². The van der Waals surface area contributed by atoms with E-state index in [1.54, 1.807) is 0 Å². The Bertz CT molecular complexity index is 153. The summed E-state index contributed by atoms with van der Waals surface area (Å²) in [7, 11) is 2.19. The smallest absolute Gasteiger partial charge is 0.0936 e. The van der Waals surface area contributed by atoms with E-state index in [0.29, 0.717) is 6.10 Å². The van der Waals surface area contributed by atoms with Gasteiger partial charge in [0, 0.05) is 26.3 Å². The van der Waals surface area contributed by atoms with Crippen molar-refractivity contribution >= 4 is 0 Å². The van der Waals surface area contributed by atoms with Gasteiger partial charge >= 0.3 is 0 Å². The second kappa shape index (κ2) is 4.40. The maximum Gasteiger partial charge on any atom is 0.0936 e. The average molecular weight is 185 g/mol. The summed E-state index contributed by atoms with van der Waals surface area (Å²) in [5, 5.41) is 0. The van der Waals surface area contributed by atoms with Crippen molar-refractivity contribution in [1.82, 2.24) is 4.90 Å². The molecule has 3 heteroatoms. The lowest BCUT2D eigenvalue weighted by Crippen LogP contribution is -2.32. The highest BCUT2D eigenvalue weighted by Gasteiger charge is 2.25. The van der Waals surface area contributed by atoms with Crippen LogP contribution in [0.15, 0.2) is 0 Å². The Morgan fingerprint density at radius 1 is 1.23 bits per heavy atom. The van der Waals surface area contributed by atoms with Crippen molar-refractivity contribution < 1.29 is 9.47 Å². The maximum absolute atomic E-state index is 5.33. The molecule has 3 nitrogen and oxygen atoms in total. The van der Waals surface area contributed by atoms with E-state index in [1.807, 2.05) is 0 Å². The first-order valence-corrected chi connectivity index (χ1v) is 5.22. The molecule has 13 heavy (non-hydrogen) atoms. The molecule has 1 unspecified atom stereocenters. The zero-order valence-corrected chi connectivity index (χ0v) is 8.37. The molecule has 76 valence electrons. The van der Waals surface area contributed by atoms with Gasteiger partial charge in [0.15, 0.2) is 0 Å². The third-order valence-electron chi connectivity index (χ3n) is 2.83. The van der Waals surface area contributed by atoms with Gasteiger partial charge in [0.05, 0.1) is 12.7 Å². The lowest BCUT2D eigenvalue weighted by atomic mass is 10.00. The summed E-state index contributed by atoms with van der Waals surface area (Å²) in [6.07, 6.45) is 3.00. The zero-order chi connectivity index (χ0) is 9.10. The van der Waals surface area contributed by atoms with Crippen molar-refractivity contribution in [2.45, 2.75) is 18.9 Å². The SMILES string of the molecule is CN(CC1CCOCC1)CC1CO1. The Kier molecular flexibility index (Phi) is 3.19. The summed E-state index contributed by atoms with van der Waals surface area (Å²) in [6, 6.07) is 0. The van der Waals surface area contributed by atoms with E-state index in [9.17, 15) is 0 Å². The summed E-state index contributed by atoms with van der Waals surface area (Å²) >= 11 is 0. The Balaban J connectivity index is 1.62. The van der Waals surface area contributed by atoms with Gasteiger partial charge in [-0.3, -0.25) is 0 Å². The van der Waals surface area contributed by atoms with Gasteiger partial charge in [-0.05, 0) is 25.8 Å². The molecule has 0 saturated carbocycles. The molecule has 2 saturated heterocycles. The molecule has 2 rings (SSSR count). The molecule has 0 aromatic carbocycles. The molecule has 2 heterocycles. The molecule has 0 radical (unpaired) electrons. The van der Waals surface area contributed by atoms with Crippen LogP contribution in [0.2, 0.25) is 0 Å². The quantitative estimate of drug-likeness (QED) is 0.604. The lowest BCUT2D eigenvalue weighted by Gasteiger charge is -2.26. The van der Waals surface area contributed by atoms with Crippen molar-refractivity contribution in [3.63, 3.8) is 0 Å². The average Bonchev–Trinajstić information content (AvgIpc) is 2.90. The third kappa shape index (κ3) is 3.25. The number of nitrogens with zero attached hydrogens (tertiary/aromatic N) is 1. The second-order valence-electron chi connectivity index (χ2n) is 4.23. The zero-order valence-electron chi connectivity index (χ0n) is 8.37. The van der Waals surface area contributed by atoms with E-state index >= 15 is 0 Å². The summed E-state index contributed by atoms with van der Waals surface area (Å²) in [5.41, 5.74) is 0.